The third-order valence-electron chi connectivity index (χ3n) is 8.97. The third-order valence-corrected chi connectivity index (χ3v) is 8.97. The molecule has 0 radical (unpaired) electrons. The quantitative estimate of drug-likeness (QED) is 0.467. The van der Waals surface area contributed by atoms with Gasteiger partial charge >= 0.3 is 6.03 Å². The fraction of sp³-hybridized carbons (Fsp3) is 0.438. The number of nitrogens with one attached hydrogen (secondary N) is 1. The molecular weight excluding hydrogens is 526 g/mol. The number of pyridine rings is 1. The molecule has 9 heteroatoms. The van der Waals surface area contributed by atoms with E-state index in [4.69, 9.17) is 4.74 Å². The second kappa shape index (κ2) is 11.4. The number of ether oxygens (including phenoxy) is 1. The lowest BCUT2D eigenvalue weighted by atomic mass is 9.91. The topological polar surface area (TPSA) is 68.9 Å². The molecule has 6 rings (SSSR count). The van der Waals surface area contributed by atoms with Crippen LogP contribution in [-0.2, 0) is 11.3 Å². The van der Waals surface area contributed by atoms with Crippen molar-refractivity contribution in [1.29, 1.82) is 0 Å². The van der Waals surface area contributed by atoms with Gasteiger partial charge in [0.15, 0.2) is 5.43 Å². The molecule has 2 aromatic carbocycles. The molecule has 3 aromatic rings. The van der Waals surface area contributed by atoms with E-state index in [2.05, 4.69) is 9.88 Å². The molecule has 3 fully saturated rings. The average molecular weight is 563 g/mol. The minimum absolute atomic E-state index is 0.00322. The monoisotopic (exact) mass is 562 g/mol. The molecule has 7 nitrogen and oxygen atoms in total. The maximum absolute atomic E-state index is 14.8. The van der Waals surface area contributed by atoms with Crippen LogP contribution in [-0.4, -0.2) is 70.1 Å². The fourth-order valence-electron chi connectivity index (χ4n) is 6.77. The van der Waals surface area contributed by atoms with Gasteiger partial charge in [-0.25, -0.2) is 13.6 Å². The number of halogens is 2. The van der Waals surface area contributed by atoms with Crippen molar-refractivity contribution in [2.24, 2.45) is 0 Å². The summed E-state index contributed by atoms with van der Waals surface area (Å²) in [4.78, 5) is 36.3. The van der Waals surface area contributed by atoms with E-state index in [1.807, 2.05) is 48.4 Å². The number of piperazine rings is 1. The summed E-state index contributed by atoms with van der Waals surface area (Å²) in [5.41, 5.74) is 2.36. The summed E-state index contributed by atoms with van der Waals surface area (Å²) in [6.45, 7) is 4.47. The first-order valence-corrected chi connectivity index (χ1v) is 14.5. The van der Waals surface area contributed by atoms with Gasteiger partial charge in [0.2, 0.25) is 0 Å². The Labute approximate surface area is 238 Å². The van der Waals surface area contributed by atoms with Gasteiger partial charge in [0.25, 0.3) is 0 Å². The van der Waals surface area contributed by atoms with Crippen LogP contribution in [0, 0.1) is 11.6 Å². The van der Waals surface area contributed by atoms with Crippen molar-refractivity contribution in [3.8, 4) is 11.3 Å². The van der Waals surface area contributed by atoms with Crippen LogP contribution in [0.5, 0.6) is 0 Å². The Morgan fingerprint density at radius 2 is 1.85 bits per heavy atom. The predicted octanol–water partition coefficient (Wildman–Crippen LogP) is 5.33. The van der Waals surface area contributed by atoms with Crippen molar-refractivity contribution in [2.75, 3.05) is 32.8 Å². The Morgan fingerprint density at radius 3 is 2.61 bits per heavy atom. The molecule has 3 aliphatic rings. The van der Waals surface area contributed by atoms with Crippen LogP contribution in [0.1, 0.15) is 49.8 Å². The molecule has 1 spiro atoms. The van der Waals surface area contributed by atoms with E-state index in [0.29, 0.717) is 38.3 Å². The van der Waals surface area contributed by atoms with E-state index >= 15 is 0 Å². The van der Waals surface area contributed by atoms with Gasteiger partial charge in [0, 0.05) is 67.3 Å². The number of urea groups is 1. The highest BCUT2D eigenvalue weighted by Gasteiger charge is 2.46. The van der Waals surface area contributed by atoms with Crippen LogP contribution in [0.25, 0.3) is 11.3 Å². The normalized spacial score (nSPS) is 22.8. The largest absolute Gasteiger partial charge is 0.374 e. The summed E-state index contributed by atoms with van der Waals surface area (Å²) in [5, 5.41) is 0. The predicted molar refractivity (Wildman–Crippen MR) is 152 cm³/mol. The molecule has 3 heterocycles. The van der Waals surface area contributed by atoms with Crippen LogP contribution in [0.3, 0.4) is 0 Å². The summed E-state index contributed by atoms with van der Waals surface area (Å²) in [5.74, 6) is -1.09. The maximum Gasteiger partial charge on any atom is 0.320 e. The summed E-state index contributed by atoms with van der Waals surface area (Å²) in [6.07, 6.45) is 5.62. The number of hydrogen-bond donors (Lipinski definition) is 1. The third kappa shape index (κ3) is 5.53. The van der Waals surface area contributed by atoms with Crippen molar-refractivity contribution >= 4 is 6.03 Å². The Balaban J connectivity index is 1.21. The first kappa shape index (κ1) is 27.6. The Morgan fingerprint density at radius 1 is 1.07 bits per heavy atom. The number of amides is 2. The number of nitrogens with zero attached hydrogens (tertiary/aromatic N) is 3. The average Bonchev–Trinajstić information content (AvgIpc) is 3.45. The number of carbonyl (C=O) groups is 1. The molecule has 1 saturated carbocycles. The van der Waals surface area contributed by atoms with Gasteiger partial charge < -0.3 is 19.5 Å². The zero-order valence-corrected chi connectivity index (χ0v) is 23.3. The van der Waals surface area contributed by atoms with Gasteiger partial charge in [-0.15, -0.1) is 0 Å². The van der Waals surface area contributed by atoms with E-state index in [-0.39, 0.29) is 35.3 Å². The lowest BCUT2D eigenvalue weighted by molar-refractivity contribution is -0.0535. The molecule has 2 saturated heterocycles. The molecule has 1 aliphatic carbocycles. The number of aromatic nitrogens is 1. The Bertz CT molecular complexity index is 1460. The van der Waals surface area contributed by atoms with Crippen molar-refractivity contribution in [3.63, 3.8) is 0 Å². The second-order valence-electron chi connectivity index (χ2n) is 11.6. The smallest absolute Gasteiger partial charge is 0.320 e. The number of H-pyrrole nitrogens is 1. The van der Waals surface area contributed by atoms with E-state index in [1.165, 1.54) is 0 Å². The van der Waals surface area contributed by atoms with E-state index in [1.54, 1.807) is 11.0 Å². The summed E-state index contributed by atoms with van der Waals surface area (Å²) in [7, 11) is 0. The standard InChI is InChI=1S/C32H36F2N4O3/c1-22-18-38(29(20-41-22)26-15-25(33)9-10-27(26)34)31(40)36-13-14-37(32(21-36)11-5-6-12-32)19-24-17-35-28(16-30(24)39)23-7-3-2-4-8-23/h2-4,7-10,15-17,22,29H,5-6,11-14,18-21H2,1H3,(H,35,39)/t22-,29+/m1/s1. The van der Waals surface area contributed by atoms with Crippen molar-refractivity contribution in [2.45, 2.75) is 56.8 Å². The molecule has 0 bridgehead atoms. The SMILES string of the molecule is C[C@@H]1CN(C(=O)N2CCN(Cc3c[nH]c(-c4ccccc4)cc3=O)C3(CCCC3)C2)[C@H](c2cc(F)ccc2F)CO1. The highest BCUT2D eigenvalue weighted by molar-refractivity contribution is 5.75. The van der Waals surface area contributed by atoms with Crippen molar-refractivity contribution in [3.05, 3.63) is 93.8 Å². The first-order valence-electron chi connectivity index (χ1n) is 14.5. The van der Waals surface area contributed by atoms with Crippen LogP contribution in [0.4, 0.5) is 13.6 Å². The molecular formula is C32H36F2N4O3. The second-order valence-corrected chi connectivity index (χ2v) is 11.6. The van der Waals surface area contributed by atoms with Gasteiger partial charge in [-0.05, 0) is 43.5 Å². The fourth-order valence-corrected chi connectivity index (χ4v) is 6.77. The minimum atomic E-state index is -0.700. The van der Waals surface area contributed by atoms with Crippen molar-refractivity contribution < 1.29 is 18.3 Å². The molecule has 2 amide bonds. The summed E-state index contributed by atoms with van der Waals surface area (Å²) in [6, 6.07) is 13.9. The minimum Gasteiger partial charge on any atom is -0.374 e. The number of hydrogen-bond acceptors (Lipinski definition) is 4. The Kier molecular flexibility index (Phi) is 7.66. The number of carbonyl (C=O) groups excluding carboxylic acids is 1. The van der Waals surface area contributed by atoms with Gasteiger partial charge in [-0.1, -0.05) is 43.2 Å². The number of rotatable bonds is 4. The lowest BCUT2D eigenvalue weighted by Crippen LogP contribution is -2.64. The molecule has 0 unspecified atom stereocenters. The van der Waals surface area contributed by atoms with Crippen LogP contribution < -0.4 is 5.43 Å². The van der Waals surface area contributed by atoms with E-state index in [9.17, 15) is 18.4 Å². The van der Waals surface area contributed by atoms with E-state index < -0.39 is 17.7 Å². The zero-order valence-electron chi connectivity index (χ0n) is 23.3. The first-order chi connectivity index (χ1) is 19.8. The molecule has 216 valence electrons. The van der Waals surface area contributed by atoms with Crippen LogP contribution >= 0.6 is 0 Å². The molecule has 1 N–H and O–H groups in total. The summed E-state index contributed by atoms with van der Waals surface area (Å²) >= 11 is 0. The van der Waals surface area contributed by atoms with Gasteiger partial charge in [0.1, 0.15) is 11.6 Å². The zero-order chi connectivity index (χ0) is 28.6. The molecule has 1 aromatic heterocycles. The Hall–Kier alpha value is -3.56. The number of aromatic amines is 1. The van der Waals surface area contributed by atoms with Gasteiger partial charge in [-0.3, -0.25) is 9.69 Å². The van der Waals surface area contributed by atoms with Crippen LogP contribution in [0.15, 0.2) is 65.6 Å². The highest BCUT2D eigenvalue weighted by atomic mass is 19.1. The van der Waals surface area contributed by atoms with E-state index in [0.717, 1.165) is 55.1 Å². The maximum atomic E-state index is 14.8. The van der Waals surface area contributed by atoms with Gasteiger partial charge in [0.05, 0.1) is 18.8 Å². The summed E-state index contributed by atoms with van der Waals surface area (Å²) < 4.78 is 34.6. The number of benzene rings is 2. The van der Waals surface area contributed by atoms with Crippen molar-refractivity contribution in [1.82, 2.24) is 19.7 Å². The number of morpholine rings is 1. The van der Waals surface area contributed by atoms with Gasteiger partial charge in [-0.2, -0.15) is 0 Å². The molecule has 2 aliphatic heterocycles. The molecule has 2 atom stereocenters. The molecule has 41 heavy (non-hydrogen) atoms. The highest BCUT2D eigenvalue weighted by Crippen LogP contribution is 2.40. The van der Waals surface area contributed by atoms with Crippen LogP contribution in [0.2, 0.25) is 0 Å². The lowest BCUT2D eigenvalue weighted by Gasteiger charge is -2.51.